The zero-order valence-electron chi connectivity index (χ0n) is 20.6. The Labute approximate surface area is 207 Å². The lowest BCUT2D eigenvalue weighted by atomic mass is 9.70. The number of hydrogen-bond acceptors (Lipinski definition) is 7. The summed E-state index contributed by atoms with van der Waals surface area (Å²) in [6.07, 6.45) is 4.09. The predicted octanol–water partition coefficient (Wildman–Crippen LogP) is -0.655. The third kappa shape index (κ3) is 4.52. The Morgan fingerprint density at radius 1 is 1.17 bits per heavy atom. The molecule has 3 amide bonds. The molecule has 0 saturated carbocycles. The molecule has 0 aromatic carbocycles. The number of amides is 3. The maximum Gasteiger partial charge on any atom is 0.248 e. The van der Waals surface area contributed by atoms with E-state index in [2.05, 4.69) is 18.1 Å². The summed E-state index contributed by atoms with van der Waals surface area (Å²) in [5.74, 6) is -2.03. The standard InChI is InChI=1S/C25H38N4O6/c1-4-8-26(3)22(31)19-18-6-7-25(35-18)20(19)23(32)29(12-15-30)21(25)24(33)28(9-5-2)11-10-27-13-16-34-17-14-27/h4-5,18-21,30H,1-2,6-17H2,3H3/t18-,19+,20-,21?,25?/m0/s1. The first-order chi connectivity index (χ1) is 16.9. The Morgan fingerprint density at radius 2 is 1.89 bits per heavy atom. The van der Waals surface area contributed by atoms with Gasteiger partial charge in [0.05, 0.1) is 37.8 Å². The number of nitrogens with zero attached hydrogens (tertiary/aromatic N) is 4. The topological polar surface area (TPSA) is 103 Å². The van der Waals surface area contributed by atoms with Crippen molar-refractivity contribution in [2.24, 2.45) is 11.8 Å². The molecule has 1 N–H and O–H groups in total. The molecular formula is C25H38N4O6. The fraction of sp³-hybridized carbons (Fsp3) is 0.720. The van der Waals surface area contributed by atoms with E-state index in [9.17, 15) is 19.5 Å². The van der Waals surface area contributed by atoms with Crippen LogP contribution in [0.4, 0.5) is 0 Å². The van der Waals surface area contributed by atoms with Crippen LogP contribution in [0.3, 0.4) is 0 Å². The number of carbonyl (C=O) groups is 3. The second-order valence-electron chi connectivity index (χ2n) is 9.85. The van der Waals surface area contributed by atoms with Gasteiger partial charge in [-0.2, -0.15) is 0 Å². The zero-order chi connectivity index (χ0) is 25.2. The lowest BCUT2D eigenvalue weighted by Gasteiger charge is -2.37. The van der Waals surface area contributed by atoms with E-state index in [1.165, 1.54) is 4.90 Å². The molecule has 2 unspecified atom stereocenters. The van der Waals surface area contributed by atoms with Gasteiger partial charge >= 0.3 is 0 Å². The van der Waals surface area contributed by atoms with Crippen LogP contribution in [0.25, 0.3) is 0 Å². The molecule has 4 saturated heterocycles. The van der Waals surface area contributed by atoms with E-state index in [1.54, 1.807) is 29.0 Å². The second kappa shape index (κ2) is 10.8. The van der Waals surface area contributed by atoms with Gasteiger partial charge in [-0.05, 0) is 12.8 Å². The summed E-state index contributed by atoms with van der Waals surface area (Å²) in [7, 11) is 1.69. The fourth-order valence-corrected chi connectivity index (χ4v) is 6.31. The molecule has 2 bridgehead atoms. The van der Waals surface area contributed by atoms with Gasteiger partial charge < -0.3 is 29.3 Å². The average molecular weight is 491 g/mol. The van der Waals surface area contributed by atoms with E-state index >= 15 is 0 Å². The number of ether oxygens (including phenoxy) is 2. The second-order valence-corrected chi connectivity index (χ2v) is 9.85. The van der Waals surface area contributed by atoms with Crippen molar-refractivity contribution in [2.45, 2.75) is 30.6 Å². The van der Waals surface area contributed by atoms with Crippen molar-refractivity contribution < 1.29 is 29.0 Å². The van der Waals surface area contributed by atoms with Crippen LogP contribution in [0, 0.1) is 11.8 Å². The predicted molar refractivity (Wildman–Crippen MR) is 128 cm³/mol. The average Bonchev–Trinajstić information content (AvgIpc) is 3.50. The quantitative estimate of drug-likeness (QED) is 0.384. The normalized spacial score (nSPS) is 31.9. The maximum absolute atomic E-state index is 14.0. The number of fused-ring (bicyclic) bond motifs is 1. The largest absolute Gasteiger partial charge is 0.395 e. The Hall–Kier alpha value is -2.27. The highest BCUT2D eigenvalue weighted by atomic mass is 16.5. The Morgan fingerprint density at radius 3 is 2.54 bits per heavy atom. The van der Waals surface area contributed by atoms with Crippen LogP contribution in [0.2, 0.25) is 0 Å². The summed E-state index contributed by atoms with van der Waals surface area (Å²) in [4.78, 5) is 48.0. The summed E-state index contributed by atoms with van der Waals surface area (Å²) in [6, 6.07) is -0.871. The van der Waals surface area contributed by atoms with Crippen LogP contribution in [0.5, 0.6) is 0 Å². The van der Waals surface area contributed by atoms with Gasteiger partial charge in [0.15, 0.2) is 0 Å². The van der Waals surface area contributed by atoms with Crippen LogP contribution in [-0.2, 0) is 23.9 Å². The molecule has 0 aromatic rings. The third-order valence-corrected chi connectivity index (χ3v) is 7.89. The van der Waals surface area contributed by atoms with E-state index in [4.69, 9.17) is 9.47 Å². The van der Waals surface area contributed by atoms with Crippen molar-refractivity contribution in [1.82, 2.24) is 19.6 Å². The summed E-state index contributed by atoms with van der Waals surface area (Å²) >= 11 is 0. The molecule has 0 aliphatic carbocycles. The first-order valence-electron chi connectivity index (χ1n) is 12.5. The number of likely N-dealkylation sites (N-methyl/N-ethyl adjacent to an activating group) is 1. The molecule has 10 nitrogen and oxygen atoms in total. The van der Waals surface area contributed by atoms with E-state index in [0.29, 0.717) is 52.2 Å². The third-order valence-electron chi connectivity index (χ3n) is 7.89. The zero-order valence-corrected chi connectivity index (χ0v) is 20.6. The molecule has 4 aliphatic heterocycles. The molecule has 4 fully saturated rings. The van der Waals surface area contributed by atoms with Crippen LogP contribution < -0.4 is 0 Å². The number of rotatable bonds is 11. The van der Waals surface area contributed by atoms with Crippen molar-refractivity contribution in [1.29, 1.82) is 0 Å². The minimum absolute atomic E-state index is 0.0241. The van der Waals surface area contributed by atoms with E-state index < -0.39 is 29.6 Å². The minimum Gasteiger partial charge on any atom is -0.395 e. The molecule has 4 rings (SSSR count). The van der Waals surface area contributed by atoms with Gasteiger partial charge in [0.2, 0.25) is 17.7 Å². The number of carbonyl (C=O) groups excluding carboxylic acids is 3. The molecule has 194 valence electrons. The van der Waals surface area contributed by atoms with Gasteiger partial charge in [-0.15, -0.1) is 13.2 Å². The van der Waals surface area contributed by atoms with Crippen LogP contribution >= 0.6 is 0 Å². The molecule has 4 aliphatic rings. The molecular weight excluding hydrogens is 452 g/mol. The van der Waals surface area contributed by atoms with Crippen molar-refractivity contribution in [3.05, 3.63) is 25.3 Å². The molecule has 0 radical (unpaired) electrons. The minimum atomic E-state index is -1.05. The van der Waals surface area contributed by atoms with Crippen molar-refractivity contribution in [3.8, 4) is 0 Å². The summed E-state index contributed by atoms with van der Waals surface area (Å²) in [5.41, 5.74) is -1.05. The molecule has 5 atom stereocenters. The summed E-state index contributed by atoms with van der Waals surface area (Å²) in [5, 5.41) is 9.74. The van der Waals surface area contributed by atoms with E-state index in [0.717, 1.165) is 13.1 Å². The highest BCUT2D eigenvalue weighted by Gasteiger charge is 2.74. The van der Waals surface area contributed by atoms with Gasteiger partial charge in [-0.3, -0.25) is 19.3 Å². The summed E-state index contributed by atoms with van der Waals surface area (Å²) < 4.78 is 11.8. The number of morpholine rings is 1. The summed E-state index contributed by atoms with van der Waals surface area (Å²) in [6.45, 7) is 12.1. The Balaban J connectivity index is 1.60. The highest BCUT2D eigenvalue weighted by Crippen LogP contribution is 2.58. The van der Waals surface area contributed by atoms with Crippen LogP contribution in [0.1, 0.15) is 12.8 Å². The van der Waals surface area contributed by atoms with Gasteiger partial charge in [0, 0.05) is 52.9 Å². The first-order valence-corrected chi connectivity index (χ1v) is 12.5. The Kier molecular flexibility index (Phi) is 7.95. The lowest BCUT2D eigenvalue weighted by molar-refractivity contribution is -0.149. The van der Waals surface area contributed by atoms with Gasteiger partial charge in [-0.25, -0.2) is 0 Å². The molecule has 35 heavy (non-hydrogen) atoms. The maximum atomic E-state index is 14.0. The number of hydrogen-bond donors (Lipinski definition) is 1. The van der Waals surface area contributed by atoms with Crippen molar-refractivity contribution in [2.75, 3.05) is 72.7 Å². The first kappa shape index (κ1) is 25.8. The number of likely N-dealkylation sites (tertiary alicyclic amines) is 1. The van der Waals surface area contributed by atoms with Crippen LogP contribution in [0.15, 0.2) is 25.3 Å². The van der Waals surface area contributed by atoms with Gasteiger partial charge in [0.25, 0.3) is 0 Å². The van der Waals surface area contributed by atoms with Crippen molar-refractivity contribution in [3.63, 3.8) is 0 Å². The number of β-amino-alcohol motifs (C(OH)–C–C–N with tert-alkyl or cyclic N) is 1. The molecule has 0 aromatic heterocycles. The molecule has 4 heterocycles. The van der Waals surface area contributed by atoms with Crippen molar-refractivity contribution >= 4 is 17.7 Å². The lowest BCUT2D eigenvalue weighted by Crippen LogP contribution is -2.57. The number of aliphatic hydroxyl groups excluding tert-OH is 1. The fourth-order valence-electron chi connectivity index (χ4n) is 6.31. The monoisotopic (exact) mass is 490 g/mol. The van der Waals surface area contributed by atoms with Gasteiger partial charge in [0.1, 0.15) is 11.6 Å². The Bertz CT molecular complexity index is 846. The van der Waals surface area contributed by atoms with E-state index in [1.807, 2.05) is 0 Å². The number of aliphatic hydroxyl groups is 1. The van der Waals surface area contributed by atoms with E-state index in [-0.39, 0.29) is 30.9 Å². The highest BCUT2D eigenvalue weighted by molar-refractivity contribution is 5.99. The smallest absolute Gasteiger partial charge is 0.248 e. The van der Waals surface area contributed by atoms with Gasteiger partial charge in [-0.1, -0.05) is 12.2 Å². The molecule has 10 heteroatoms. The van der Waals surface area contributed by atoms with Crippen LogP contribution in [-0.4, -0.2) is 133 Å². The molecule has 1 spiro atoms. The SMILES string of the molecule is C=CCN(C)C(=O)[C@@H]1[C@@H]2CCC3(O2)C(C(=O)N(CC=C)CCN2CCOCC2)N(CCO)C(=O)[C@H]13.